The summed E-state index contributed by atoms with van der Waals surface area (Å²) >= 11 is 5.98. The Balaban J connectivity index is 2.41. The standard InChI is InChI=1S/C11H22ClN/c1-4-9(2)8-13-6-5-10(3)11(13)7-12/h9-11H,4-8H2,1-3H3. The zero-order chi connectivity index (χ0) is 9.84. The van der Waals surface area contributed by atoms with Gasteiger partial charge in [-0.3, -0.25) is 4.90 Å². The van der Waals surface area contributed by atoms with Crippen LogP contribution in [0.25, 0.3) is 0 Å². The third-order valence-electron chi connectivity index (χ3n) is 3.40. The van der Waals surface area contributed by atoms with E-state index in [0.29, 0.717) is 6.04 Å². The number of hydrogen-bond donors (Lipinski definition) is 0. The van der Waals surface area contributed by atoms with E-state index in [2.05, 4.69) is 25.7 Å². The maximum atomic E-state index is 5.98. The van der Waals surface area contributed by atoms with Crippen LogP contribution in [0.15, 0.2) is 0 Å². The van der Waals surface area contributed by atoms with Crippen LogP contribution in [0.3, 0.4) is 0 Å². The van der Waals surface area contributed by atoms with Crippen molar-refractivity contribution >= 4 is 11.6 Å². The maximum Gasteiger partial charge on any atom is 0.0382 e. The van der Waals surface area contributed by atoms with Gasteiger partial charge >= 0.3 is 0 Å². The van der Waals surface area contributed by atoms with E-state index >= 15 is 0 Å². The van der Waals surface area contributed by atoms with E-state index in [9.17, 15) is 0 Å². The Morgan fingerprint density at radius 2 is 2.23 bits per heavy atom. The Morgan fingerprint density at radius 1 is 1.54 bits per heavy atom. The molecule has 2 heteroatoms. The highest BCUT2D eigenvalue weighted by atomic mass is 35.5. The molecule has 1 aliphatic heterocycles. The highest BCUT2D eigenvalue weighted by Gasteiger charge is 2.30. The van der Waals surface area contributed by atoms with Crippen LogP contribution in [-0.4, -0.2) is 29.9 Å². The highest BCUT2D eigenvalue weighted by molar-refractivity contribution is 6.18. The molecule has 0 radical (unpaired) electrons. The van der Waals surface area contributed by atoms with E-state index in [0.717, 1.165) is 17.7 Å². The topological polar surface area (TPSA) is 3.24 Å². The van der Waals surface area contributed by atoms with Crippen LogP contribution in [0.5, 0.6) is 0 Å². The molecule has 1 saturated heterocycles. The molecule has 1 nitrogen and oxygen atoms in total. The smallest absolute Gasteiger partial charge is 0.0382 e. The molecule has 0 amide bonds. The summed E-state index contributed by atoms with van der Waals surface area (Å²) in [6.45, 7) is 9.40. The molecule has 1 aliphatic rings. The molecule has 1 rings (SSSR count). The number of halogens is 1. The van der Waals surface area contributed by atoms with Crippen LogP contribution >= 0.6 is 11.6 Å². The van der Waals surface area contributed by atoms with Gasteiger partial charge in [-0.25, -0.2) is 0 Å². The molecule has 0 bridgehead atoms. The predicted octanol–water partition coefficient (Wildman–Crippen LogP) is 2.98. The molecular formula is C11H22ClN. The van der Waals surface area contributed by atoms with Crippen LogP contribution < -0.4 is 0 Å². The zero-order valence-corrected chi connectivity index (χ0v) is 9.85. The van der Waals surface area contributed by atoms with E-state index in [1.165, 1.54) is 25.9 Å². The molecule has 0 aromatic carbocycles. The average Bonchev–Trinajstić information content (AvgIpc) is 2.46. The minimum atomic E-state index is 0.635. The molecule has 0 spiro atoms. The van der Waals surface area contributed by atoms with Gasteiger partial charge in [-0.2, -0.15) is 0 Å². The molecule has 78 valence electrons. The van der Waals surface area contributed by atoms with E-state index in [1.807, 2.05) is 0 Å². The van der Waals surface area contributed by atoms with E-state index in [1.54, 1.807) is 0 Å². The molecule has 1 fully saturated rings. The number of hydrogen-bond acceptors (Lipinski definition) is 1. The first-order valence-electron chi connectivity index (χ1n) is 5.49. The Hall–Kier alpha value is 0.250. The van der Waals surface area contributed by atoms with Gasteiger partial charge in [0.1, 0.15) is 0 Å². The number of nitrogens with zero attached hydrogens (tertiary/aromatic N) is 1. The van der Waals surface area contributed by atoms with Crippen molar-refractivity contribution in [3.63, 3.8) is 0 Å². The molecule has 0 N–H and O–H groups in total. The lowest BCUT2D eigenvalue weighted by Crippen LogP contribution is -2.36. The van der Waals surface area contributed by atoms with E-state index in [-0.39, 0.29) is 0 Å². The van der Waals surface area contributed by atoms with Crippen LogP contribution in [0.4, 0.5) is 0 Å². The maximum absolute atomic E-state index is 5.98. The van der Waals surface area contributed by atoms with Gasteiger partial charge < -0.3 is 0 Å². The largest absolute Gasteiger partial charge is 0.299 e. The van der Waals surface area contributed by atoms with Crippen molar-refractivity contribution in [2.24, 2.45) is 11.8 Å². The first-order valence-corrected chi connectivity index (χ1v) is 6.02. The summed E-state index contributed by atoms with van der Waals surface area (Å²) in [5, 5.41) is 0. The number of alkyl halides is 1. The van der Waals surface area contributed by atoms with Gasteiger partial charge in [-0.1, -0.05) is 27.2 Å². The van der Waals surface area contributed by atoms with Gasteiger partial charge in [0.15, 0.2) is 0 Å². The van der Waals surface area contributed by atoms with Gasteiger partial charge in [-0.15, -0.1) is 11.6 Å². The molecule has 3 unspecified atom stereocenters. The Labute approximate surface area is 87.4 Å². The van der Waals surface area contributed by atoms with E-state index < -0.39 is 0 Å². The van der Waals surface area contributed by atoms with Crippen molar-refractivity contribution in [3.05, 3.63) is 0 Å². The van der Waals surface area contributed by atoms with Crippen molar-refractivity contribution in [2.45, 2.75) is 39.7 Å². The summed E-state index contributed by atoms with van der Waals surface area (Å²) in [6, 6.07) is 0.635. The fourth-order valence-electron chi connectivity index (χ4n) is 2.09. The SMILES string of the molecule is CCC(C)CN1CCC(C)C1CCl. The molecule has 0 saturated carbocycles. The number of rotatable bonds is 4. The zero-order valence-electron chi connectivity index (χ0n) is 9.09. The Morgan fingerprint density at radius 3 is 2.77 bits per heavy atom. The van der Waals surface area contributed by atoms with Gasteiger partial charge in [0, 0.05) is 18.5 Å². The summed E-state index contributed by atoms with van der Waals surface area (Å²) in [5.41, 5.74) is 0. The molecule has 0 aromatic rings. The van der Waals surface area contributed by atoms with Gasteiger partial charge in [-0.05, 0) is 24.8 Å². The molecule has 1 heterocycles. The van der Waals surface area contributed by atoms with Crippen molar-refractivity contribution < 1.29 is 0 Å². The lowest BCUT2D eigenvalue weighted by molar-refractivity contribution is 0.216. The second-order valence-corrected chi connectivity index (χ2v) is 4.80. The number of likely N-dealkylation sites (tertiary alicyclic amines) is 1. The summed E-state index contributed by atoms with van der Waals surface area (Å²) in [4.78, 5) is 2.58. The van der Waals surface area contributed by atoms with Gasteiger partial charge in [0.2, 0.25) is 0 Å². The summed E-state index contributed by atoms with van der Waals surface area (Å²) in [7, 11) is 0. The first kappa shape index (κ1) is 11.3. The Kier molecular flexibility index (Phi) is 4.54. The third-order valence-corrected chi connectivity index (χ3v) is 3.71. The van der Waals surface area contributed by atoms with Gasteiger partial charge in [0.25, 0.3) is 0 Å². The van der Waals surface area contributed by atoms with Crippen LogP contribution in [0, 0.1) is 11.8 Å². The third kappa shape index (κ3) is 2.85. The normalized spacial score (nSPS) is 32.3. The second-order valence-electron chi connectivity index (χ2n) is 4.50. The van der Waals surface area contributed by atoms with Crippen molar-refractivity contribution in [2.75, 3.05) is 19.0 Å². The predicted molar refractivity (Wildman–Crippen MR) is 59.3 cm³/mol. The summed E-state index contributed by atoms with van der Waals surface area (Å²) in [6.07, 6.45) is 2.60. The highest BCUT2D eigenvalue weighted by Crippen LogP contribution is 2.25. The monoisotopic (exact) mass is 203 g/mol. The fraction of sp³-hybridized carbons (Fsp3) is 1.00. The fourth-order valence-corrected chi connectivity index (χ4v) is 2.59. The molecular weight excluding hydrogens is 182 g/mol. The van der Waals surface area contributed by atoms with Crippen LogP contribution in [0.1, 0.15) is 33.6 Å². The first-order chi connectivity index (χ1) is 6.19. The minimum Gasteiger partial charge on any atom is -0.299 e. The average molecular weight is 204 g/mol. The summed E-state index contributed by atoms with van der Waals surface area (Å²) < 4.78 is 0. The van der Waals surface area contributed by atoms with E-state index in [4.69, 9.17) is 11.6 Å². The lowest BCUT2D eigenvalue weighted by Gasteiger charge is -2.27. The van der Waals surface area contributed by atoms with Crippen molar-refractivity contribution in [1.29, 1.82) is 0 Å². The Bertz CT molecular complexity index is 149. The van der Waals surface area contributed by atoms with Crippen LogP contribution in [-0.2, 0) is 0 Å². The lowest BCUT2D eigenvalue weighted by atomic mass is 10.0. The molecule has 0 aliphatic carbocycles. The van der Waals surface area contributed by atoms with Gasteiger partial charge in [0.05, 0.1) is 0 Å². The molecule has 0 aromatic heterocycles. The quantitative estimate of drug-likeness (QED) is 0.636. The van der Waals surface area contributed by atoms with Crippen LogP contribution in [0.2, 0.25) is 0 Å². The molecule has 3 atom stereocenters. The van der Waals surface area contributed by atoms with Crippen molar-refractivity contribution in [3.8, 4) is 0 Å². The minimum absolute atomic E-state index is 0.635. The molecule has 13 heavy (non-hydrogen) atoms. The second kappa shape index (κ2) is 5.21. The summed E-state index contributed by atoms with van der Waals surface area (Å²) in [5.74, 6) is 2.41. The van der Waals surface area contributed by atoms with Crippen molar-refractivity contribution in [1.82, 2.24) is 4.90 Å².